The third kappa shape index (κ3) is 2.96. The molecule has 2 nitrogen and oxygen atoms in total. The molecule has 1 unspecified atom stereocenters. The van der Waals surface area contributed by atoms with Crippen molar-refractivity contribution in [3.8, 4) is 5.75 Å². The van der Waals surface area contributed by atoms with E-state index in [1.807, 2.05) is 30.3 Å². The van der Waals surface area contributed by atoms with Gasteiger partial charge in [-0.2, -0.15) is 12.6 Å². The molecule has 1 atom stereocenters. The van der Waals surface area contributed by atoms with Gasteiger partial charge in [0.05, 0.1) is 12.1 Å². The maximum atomic E-state index is 5.94. The highest BCUT2D eigenvalue weighted by Crippen LogP contribution is 2.25. The Kier molecular flexibility index (Phi) is 4.48. The number of benzene rings is 1. The van der Waals surface area contributed by atoms with E-state index in [0.717, 1.165) is 22.4 Å². The van der Waals surface area contributed by atoms with E-state index >= 15 is 0 Å². The van der Waals surface area contributed by atoms with Crippen LogP contribution in [0.15, 0.2) is 36.5 Å². The molecule has 0 bridgehead atoms. The average molecular weight is 261 g/mol. The Bertz CT molecular complexity index is 507. The van der Waals surface area contributed by atoms with E-state index < -0.39 is 0 Å². The molecule has 2 aromatic rings. The zero-order valence-electron chi connectivity index (χ0n) is 10.8. The van der Waals surface area contributed by atoms with Crippen molar-refractivity contribution in [2.24, 2.45) is 11.8 Å². The van der Waals surface area contributed by atoms with Gasteiger partial charge in [0.25, 0.3) is 0 Å². The maximum Gasteiger partial charge on any atom is 0.128 e. The van der Waals surface area contributed by atoms with Gasteiger partial charge in [-0.25, -0.2) is 0 Å². The minimum atomic E-state index is 0.472. The summed E-state index contributed by atoms with van der Waals surface area (Å²) in [4.78, 5) is 4.33. The summed E-state index contributed by atoms with van der Waals surface area (Å²) in [6, 6.07) is 9.97. The van der Waals surface area contributed by atoms with E-state index in [-0.39, 0.29) is 0 Å². The largest absolute Gasteiger partial charge is 0.493 e. The monoisotopic (exact) mass is 261 g/mol. The Morgan fingerprint density at radius 2 is 2.06 bits per heavy atom. The van der Waals surface area contributed by atoms with Crippen molar-refractivity contribution >= 4 is 23.5 Å². The number of pyridine rings is 1. The number of fused-ring (bicyclic) bond motifs is 1. The van der Waals surface area contributed by atoms with Gasteiger partial charge in [-0.15, -0.1) is 0 Å². The molecule has 0 aliphatic rings. The van der Waals surface area contributed by atoms with Crippen molar-refractivity contribution in [1.29, 1.82) is 0 Å². The minimum absolute atomic E-state index is 0.472. The van der Waals surface area contributed by atoms with E-state index in [9.17, 15) is 0 Å². The number of thiol groups is 1. The first-order valence-corrected chi connectivity index (χ1v) is 6.93. The first kappa shape index (κ1) is 13.2. The molecule has 1 aromatic carbocycles. The van der Waals surface area contributed by atoms with Crippen LogP contribution in [0.4, 0.5) is 0 Å². The standard InChI is InChI=1S/C15H19NOS/c1-11(2)12(10-18)9-17-15-7-3-6-14-13(15)5-4-8-16-14/h3-8,11-12,18H,9-10H2,1-2H3. The SMILES string of the molecule is CC(C)C(CS)COc1cccc2ncccc12. The number of aromatic nitrogens is 1. The van der Waals surface area contributed by atoms with Crippen molar-refractivity contribution in [3.63, 3.8) is 0 Å². The normalized spacial score (nSPS) is 12.9. The minimum Gasteiger partial charge on any atom is -0.493 e. The van der Waals surface area contributed by atoms with Crippen LogP contribution in [0.1, 0.15) is 13.8 Å². The molecular formula is C15H19NOS. The summed E-state index contributed by atoms with van der Waals surface area (Å²) in [5, 5.41) is 1.07. The van der Waals surface area contributed by atoms with Gasteiger partial charge in [0.15, 0.2) is 0 Å². The Morgan fingerprint density at radius 3 is 2.78 bits per heavy atom. The molecule has 1 aromatic heterocycles. The summed E-state index contributed by atoms with van der Waals surface area (Å²) >= 11 is 4.38. The quantitative estimate of drug-likeness (QED) is 0.827. The highest BCUT2D eigenvalue weighted by Gasteiger charge is 2.13. The summed E-state index contributed by atoms with van der Waals surface area (Å²) < 4.78 is 5.94. The molecule has 0 N–H and O–H groups in total. The predicted octanol–water partition coefficient (Wildman–Crippen LogP) is 3.82. The Morgan fingerprint density at radius 1 is 1.22 bits per heavy atom. The zero-order chi connectivity index (χ0) is 13.0. The number of rotatable bonds is 5. The van der Waals surface area contributed by atoms with Crippen LogP contribution in [0.5, 0.6) is 5.75 Å². The third-order valence-corrected chi connectivity index (χ3v) is 3.70. The van der Waals surface area contributed by atoms with Crippen molar-refractivity contribution in [2.45, 2.75) is 13.8 Å². The summed E-state index contributed by atoms with van der Waals surface area (Å²) in [6.45, 7) is 5.11. The van der Waals surface area contributed by atoms with Gasteiger partial charge in [-0.05, 0) is 35.9 Å². The molecule has 0 saturated heterocycles. The molecular weight excluding hydrogens is 242 g/mol. The molecule has 0 radical (unpaired) electrons. The lowest BCUT2D eigenvalue weighted by Crippen LogP contribution is -2.19. The van der Waals surface area contributed by atoms with Gasteiger partial charge >= 0.3 is 0 Å². The van der Waals surface area contributed by atoms with Crippen molar-refractivity contribution in [1.82, 2.24) is 4.98 Å². The first-order valence-electron chi connectivity index (χ1n) is 6.29. The summed E-state index contributed by atoms with van der Waals surface area (Å²) in [5.74, 6) is 2.81. The van der Waals surface area contributed by atoms with Crippen LogP contribution in [0.25, 0.3) is 10.9 Å². The molecule has 0 spiro atoms. The van der Waals surface area contributed by atoms with Crippen molar-refractivity contribution in [2.75, 3.05) is 12.4 Å². The second-order valence-electron chi connectivity index (χ2n) is 4.82. The first-order chi connectivity index (χ1) is 8.72. The number of hydrogen-bond donors (Lipinski definition) is 1. The zero-order valence-corrected chi connectivity index (χ0v) is 11.7. The van der Waals surface area contributed by atoms with Crippen molar-refractivity contribution in [3.05, 3.63) is 36.5 Å². The molecule has 96 valence electrons. The molecule has 3 heteroatoms. The summed E-state index contributed by atoms with van der Waals surface area (Å²) in [6.07, 6.45) is 1.80. The molecule has 0 saturated carbocycles. The molecule has 1 heterocycles. The molecule has 18 heavy (non-hydrogen) atoms. The van der Waals surface area contributed by atoms with Crippen LogP contribution in [-0.2, 0) is 0 Å². The molecule has 0 amide bonds. The van der Waals surface area contributed by atoms with Gasteiger partial charge in [-0.1, -0.05) is 19.9 Å². The molecule has 2 rings (SSSR count). The van der Waals surface area contributed by atoms with Gasteiger partial charge < -0.3 is 4.74 Å². The fraction of sp³-hybridized carbons (Fsp3) is 0.400. The second-order valence-corrected chi connectivity index (χ2v) is 5.19. The summed E-state index contributed by atoms with van der Waals surface area (Å²) in [5.41, 5.74) is 0.974. The highest BCUT2D eigenvalue weighted by atomic mass is 32.1. The molecule has 0 aliphatic carbocycles. The topological polar surface area (TPSA) is 22.1 Å². The average Bonchev–Trinajstić information content (AvgIpc) is 2.39. The number of hydrogen-bond acceptors (Lipinski definition) is 3. The van der Waals surface area contributed by atoms with Crippen LogP contribution < -0.4 is 4.74 Å². The van der Waals surface area contributed by atoms with E-state index in [0.29, 0.717) is 18.4 Å². The summed E-state index contributed by atoms with van der Waals surface area (Å²) in [7, 11) is 0. The lowest BCUT2D eigenvalue weighted by molar-refractivity contribution is 0.229. The van der Waals surface area contributed by atoms with Crippen LogP contribution in [-0.4, -0.2) is 17.3 Å². The number of nitrogens with zero attached hydrogens (tertiary/aromatic N) is 1. The van der Waals surface area contributed by atoms with Gasteiger partial charge in [0.2, 0.25) is 0 Å². The Labute approximate surface area is 114 Å². The van der Waals surface area contributed by atoms with Gasteiger partial charge in [-0.3, -0.25) is 4.98 Å². The fourth-order valence-corrected chi connectivity index (χ4v) is 2.38. The molecule has 0 fully saturated rings. The predicted molar refractivity (Wildman–Crippen MR) is 79.4 cm³/mol. The van der Waals surface area contributed by atoms with Crippen LogP contribution in [0.3, 0.4) is 0 Å². The van der Waals surface area contributed by atoms with Gasteiger partial charge in [0.1, 0.15) is 5.75 Å². The lowest BCUT2D eigenvalue weighted by atomic mass is 9.99. The second kappa shape index (κ2) is 6.10. The van der Waals surface area contributed by atoms with E-state index in [4.69, 9.17) is 4.74 Å². The highest BCUT2D eigenvalue weighted by molar-refractivity contribution is 7.80. The van der Waals surface area contributed by atoms with Crippen molar-refractivity contribution < 1.29 is 4.74 Å². The molecule has 0 aliphatic heterocycles. The smallest absolute Gasteiger partial charge is 0.128 e. The number of ether oxygens (including phenoxy) is 1. The van der Waals surface area contributed by atoms with Crippen LogP contribution >= 0.6 is 12.6 Å². The maximum absolute atomic E-state index is 5.94. The Balaban J connectivity index is 2.17. The van der Waals surface area contributed by atoms with E-state index in [1.54, 1.807) is 6.20 Å². The lowest BCUT2D eigenvalue weighted by Gasteiger charge is -2.19. The van der Waals surface area contributed by atoms with Crippen LogP contribution in [0, 0.1) is 11.8 Å². The fourth-order valence-electron chi connectivity index (χ4n) is 1.85. The van der Waals surface area contributed by atoms with Crippen LogP contribution in [0.2, 0.25) is 0 Å². The Hall–Kier alpha value is -1.22. The van der Waals surface area contributed by atoms with E-state index in [2.05, 4.69) is 31.5 Å². The van der Waals surface area contributed by atoms with Gasteiger partial charge in [0, 0.05) is 17.5 Å². The third-order valence-electron chi connectivity index (χ3n) is 3.24. The van der Waals surface area contributed by atoms with E-state index in [1.165, 1.54) is 0 Å².